The zero-order chi connectivity index (χ0) is 3.58. The van der Waals surface area contributed by atoms with Crippen LogP contribution in [0.15, 0.2) is 0 Å². The summed E-state index contributed by atoms with van der Waals surface area (Å²) < 4.78 is 0. The SMILES string of the molecule is [Cl][Cr]([Cl])[Cl].[Ti].[Zr]. The van der Waals surface area contributed by atoms with E-state index in [4.69, 9.17) is 30.1 Å². The van der Waals surface area contributed by atoms with Crippen LogP contribution in [-0.4, -0.2) is 0 Å². The van der Waals surface area contributed by atoms with Crippen molar-refractivity contribution in [2.75, 3.05) is 0 Å². The third kappa shape index (κ3) is 28.0. The van der Waals surface area contributed by atoms with E-state index in [1.54, 1.807) is 0 Å². The van der Waals surface area contributed by atoms with Crippen LogP contribution in [0.25, 0.3) is 0 Å². The minimum atomic E-state index is -1.62. The molecule has 0 N–H and O–H groups in total. The molecule has 0 saturated carbocycles. The summed E-state index contributed by atoms with van der Waals surface area (Å²) in [5.41, 5.74) is 0. The van der Waals surface area contributed by atoms with Crippen LogP contribution in [0.2, 0.25) is 0 Å². The van der Waals surface area contributed by atoms with Gasteiger partial charge in [0.25, 0.3) is 0 Å². The van der Waals surface area contributed by atoms with Gasteiger partial charge in [0.15, 0.2) is 0 Å². The third-order valence-corrected chi connectivity index (χ3v) is 0. The molecule has 0 amide bonds. The largest absolute Gasteiger partial charge is 0 e. The molecular formula is Cl3CrTiZr. The van der Waals surface area contributed by atoms with Gasteiger partial charge < -0.3 is 0 Å². The number of hydrogen-bond donors (Lipinski definition) is 0. The average Bonchev–Trinajstić information content (AvgIpc) is 0.811. The van der Waals surface area contributed by atoms with Gasteiger partial charge in [0.2, 0.25) is 0 Å². The van der Waals surface area contributed by atoms with Gasteiger partial charge in [-0.25, -0.2) is 0 Å². The number of halogens is 3. The summed E-state index contributed by atoms with van der Waals surface area (Å²) in [4.78, 5) is 0. The second kappa shape index (κ2) is 10.9. The van der Waals surface area contributed by atoms with E-state index in [0.717, 1.165) is 0 Å². The molecule has 0 aliphatic heterocycles. The molecule has 0 heterocycles. The normalized spacial score (nSPS) is 6.00. The number of rotatable bonds is 0. The summed E-state index contributed by atoms with van der Waals surface area (Å²) in [6.07, 6.45) is 0. The summed E-state index contributed by atoms with van der Waals surface area (Å²) in [5, 5.41) is 0. The fourth-order valence-electron chi connectivity index (χ4n) is 0. The molecule has 0 aliphatic carbocycles. The van der Waals surface area contributed by atoms with Gasteiger partial charge in [-0.2, -0.15) is 0 Å². The van der Waals surface area contributed by atoms with Crippen molar-refractivity contribution in [2.45, 2.75) is 0 Å². The van der Waals surface area contributed by atoms with E-state index in [2.05, 4.69) is 0 Å². The van der Waals surface area contributed by atoms with Crippen LogP contribution in [0.3, 0.4) is 0 Å². The molecule has 6 heavy (non-hydrogen) atoms. The van der Waals surface area contributed by atoms with Gasteiger partial charge in [-0.3, -0.25) is 0 Å². The van der Waals surface area contributed by atoms with Gasteiger partial charge in [0, 0.05) is 47.9 Å². The molecule has 6 heteroatoms. The summed E-state index contributed by atoms with van der Waals surface area (Å²) in [6.45, 7) is 0. The van der Waals surface area contributed by atoms with Gasteiger partial charge in [-0.1, -0.05) is 0 Å². The maximum absolute atomic E-state index is 4.93. The molecule has 0 atom stereocenters. The molecule has 0 unspecified atom stereocenters. The topological polar surface area (TPSA) is 0 Å². The van der Waals surface area contributed by atoms with Crippen molar-refractivity contribution in [3.8, 4) is 0 Å². The van der Waals surface area contributed by atoms with Crippen molar-refractivity contribution < 1.29 is 59.3 Å². The van der Waals surface area contributed by atoms with E-state index in [0.29, 0.717) is 0 Å². The molecule has 0 radical (unpaired) electrons. The van der Waals surface area contributed by atoms with E-state index >= 15 is 0 Å². The minimum Gasteiger partial charge on any atom is 0 e. The first kappa shape index (κ1) is 16.0. The molecule has 0 bridgehead atoms. The molecule has 0 rings (SSSR count). The van der Waals surface area contributed by atoms with Crippen molar-refractivity contribution in [1.82, 2.24) is 0 Å². The Morgan fingerprint density at radius 3 is 1.00 bits per heavy atom. The van der Waals surface area contributed by atoms with Crippen LogP contribution in [-0.2, 0) is 59.3 Å². The van der Waals surface area contributed by atoms with E-state index in [-0.39, 0.29) is 47.9 Å². The van der Waals surface area contributed by atoms with E-state index in [9.17, 15) is 0 Å². The zero-order valence-corrected chi connectivity index (χ0v) is 10.1. The van der Waals surface area contributed by atoms with Crippen molar-refractivity contribution in [1.29, 1.82) is 0 Å². The van der Waals surface area contributed by atoms with Gasteiger partial charge in [-0.05, 0) is 0 Å². The molecule has 0 nitrogen and oxygen atoms in total. The fraction of sp³-hybridized carbons (Fsp3) is 0. The smallest absolute Gasteiger partial charge is 0 e. The van der Waals surface area contributed by atoms with E-state index in [1.165, 1.54) is 0 Å². The van der Waals surface area contributed by atoms with Crippen molar-refractivity contribution >= 4 is 30.1 Å². The molecule has 0 aromatic heterocycles. The molecule has 0 aliphatic rings. The molecule has 0 saturated heterocycles. The van der Waals surface area contributed by atoms with Crippen LogP contribution in [0.1, 0.15) is 0 Å². The van der Waals surface area contributed by atoms with Gasteiger partial charge in [-0.15, -0.1) is 0 Å². The zero-order valence-electron chi connectivity index (χ0n) is 2.54. The molecule has 0 fully saturated rings. The minimum absolute atomic E-state index is 0. The molecule has 0 aromatic rings. The summed E-state index contributed by atoms with van der Waals surface area (Å²) in [6, 6.07) is 0. The van der Waals surface area contributed by atoms with Crippen LogP contribution in [0.4, 0.5) is 0 Å². The Morgan fingerprint density at radius 2 is 1.00 bits per heavy atom. The Hall–Kier alpha value is 3.00. The van der Waals surface area contributed by atoms with Gasteiger partial charge in [0.05, 0.1) is 0 Å². The Balaban J connectivity index is -0.0000000450. The molecule has 0 aromatic carbocycles. The van der Waals surface area contributed by atoms with Crippen molar-refractivity contribution in [3.05, 3.63) is 0 Å². The Labute approximate surface area is 87.9 Å². The quantitative estimate of drug-likeness (QED) is 0.601. The predicted octanol–water partition coefficient (Wildman–Crippen LogP) is 2.06. The maximum Gasteiger partial charge on any atom is 0 e. The monoisotopic (exact) mass is 295 g/mol. The second-order valence-corrected chi connectivity index (χ2v) is 6.49. The Kier molecular flexibility index (Phi) is 29.0. The molecule has 0 spiro atoms. The van der Waals surface area contributed by atoms with Gasteiger partial charge in [0.1, 0.15) is 0 Å². The van der Waals surface area contributed by atoms with Crippen LogP contribution in [0.5, 0.6) is 0 Å². The first-order valence-corrected chi connectivity index (χ1v) is 5.73. The third-order valence-electron chi connectivity index (χ3n) is 0. The van der Waals surface area contributed by atoms with Crippen molar-refractivity contribution in [3.63, 3.8) is 0 Å². The number of hydrogen-bond acceptors (Lipinski definition) is 0. The Bertz CT molecular complexity index is 15.5. The van der Waals surface area contributed by atoms with Gasteiger partial charge >= 0.3 is 41.5 Å². The Morgan fingerprint density at radius 1 is 1.00 bits per heavy atom. The van der Waals surface area contributed by atoms with Crippen LogP contribution in [0, 0.1) is 0 Å². The first-order chi connectivity index (χ1) is 1.73. The standard InChI is InChI=1S/3ClH.Cr.Ti.Zr/h3*1H;;;/q;;;+3;;/p-3. The summed E-state index contributed by atoms with van der Waals surface area (Å²) in [5.74, 6) is 0. The van der Waals surface area contributed by atoms with E-state index < -0.39 is 11.4 Å². The van der Waals surface area contributed by atoms with Crippen LogP contribution >= 0.6 is 30.1 Å². The van der Waals surface area contributed by atoms with Crippen LogP contribution < -0.4 is 0 Å². The summed E-state index contributed by atoms with van der Waals surface area (Å²) in [7, 11) is 14.8. The van der Waals surface area contributed by atoms with Crippen molar-refractivity contribution in [2.24, 2.45) is 0 Å². The maximum atomic E-state index is 4.93. The molecule has 35 valence electrons. The second-order valence-electron chi connectivity index (χ2n) is 0.175. The predicted molar refractivity (Wildman–Crippen MR) is 17.6 cm³/mol. The summed E-state index contributed by atoms with van der Waals surface area (Å²) >= 11 is -1.62. The first-order valence-electron chi connectivity index (χ1n) is 0.463. The average molecular weight is 297 g/mol. The molecular weight excluding hydrogens is 297 g/mol. The fourth-order valence-corrected chi connectivity index (χ4v) is 0. The van der Waals surface area contributed by atoms with E-state index in [1.807, 2.05) is 0 Å².